The molecular weight excluding hydrogens is 300 g/mol. The van der Waals surface area contributed by atoms with Crippen LogP contribution in [-0.2, 0) is 6.54 Å². The molecule has 2 heterocycles. The van der Waals surface area contributed by atoms with Crippen LogP contribution in [0.1, 0.15) is 19.0 Å². The zero-order valence-corrected chi connectivity index (χ0v) is 14.0. The molecule has 0 bridgehead atoms. The minimum Gasteiger partial charge on any atom is -0.335 e. The highest BCUT2D eigenvalue weighted by Crippen LogP contribution is 2.18. The van der Waals surface area contributed by atoms with Gasteiger partial charge in [0, 0.05) is 37.6 Å². The Balaban J connectivity index is 1.48. The zero-order chi connectivity index (χ0) is 16.8. The summed E-state index contributed by atoms with van der Waals surface area (Å²) in [5, 5.41) is 6.00. The third-order valence-corrected chi connectivity index (χ3v) is 4.45. The van der Waals surface area contributed by atoms with Gasteiger partial charge in [0.2, 0.25) is 0 Å². The highest BCUT2D eigenvalue weighted by atomic mass is 16.2. The summed E-state index contributed by atoms with van der Waals surface area (Å²) in [5.74, 6) is 0.406. The summed E-state index contributed by atoms with van der Waals surface area (Å²) in [6.45, 7) is 5.00. The quantitative estimate of drug-likeness (QED) is 0.908. The Morgan fingerprint density at radius 1 is 1.21 bits per heavy atom. The molecule has 1 aromatic heterocycles. The number of piperidine rings is 1. The van der Waals surface area contributed by atoms with Crippen molar-refractivity contribution in [1.29, 1.82) is 0 Å². The number of nitrogens with one attached hydrogen (secondary N) is 2. The van der Waals surface area contributed by atoms with Gasteiger partial charge in [-0.25, -0.2) is 4.79 Å². The third kappa shape index (κ3) is 4.55. The molecular formula is C19H24N4O. The van der Waals surface area contributed by atoms with Crippen molar-refractivity contribution >= 4 is 11.7 Å². The minimum absolute atomic E-state index is 0.128. The van der Waals surface area contributed by atoms with Crippen LogP contribution in [0.2, 0.25) is 0 Å². The van der Waals surface area contributed by atoms with E-state index in [-0.39, 0.29) is 12.1 Å². The molecule has 3 rings (SSSR count). The SMILES string of the molecule is C[C@@H]1CN(Cc2ccccn2)CC[C@H]1NC(=O)Nc1ccccc1. The normalized spacial score (nSPS) is 21.2. The second-order valence-electron chi connectivity index (χ2n) is 6.39. The highest BCUT2D eigenvalue weighted by molar-refractivity contribution is 5.89. The number of benzene rings is 1. The smallest absolute Gasteiger partial charge is 0.319 e. The molecule has 2 atom stereocenters. The van der Waals surface area contributed by atoms with Gasteiger partial charge in [-0.3, -0.25) is 9.88 Å². The first-order chi connectivity index (χ1) is 11.7. The van der Waals surface area contributed by atoms with Crippen LogP contribution in [0.5, 0.6) is 0 Å². The summed E-state index contributed by atoms with van der Waals surface area (Å²) >= 11 is 0. The van der Waals surface area contributed by atoms with E-state index in [4.69, 9.17) is 0 Å². The Morgan fingerprint density at radius 3 is 2.71 bits per heavy atom. The number of amides is 2. The number of carbonyl (C=O) groups is 1. The average Bonchev–Trinajstić information content (AvgIpc) is 2.59. The first-order valence-corrected chi connectivity index (χ1v) is 8.45. The lowest BCUT2D eigenvalue weighted by molar-refractivity contribution is 0.142. The molecule has 1 saturated heterocycles. The molecule has 2 amide bonds. The molecule has 0 unspecified atom stereocenters. The summed E-state index contributed by atoms with van der Waals surface area (Å²) in [4.78, 5) is 18.9. The average molecular weight is 324 g/mol. The summed E-state index contributed by atoms with van der Waals surface area (Å²) in [6.07, 6.45) is 2.79. The molecule has 1 aliphatic heterocycles. The monoisotopic (exact) mass is 324 g/mol. The lowest BCUT2D eigenvalue weighted by Crippen LogP contribution is -2.50. The summed E-state index contributed by atoms with van der Waals surface area (Å²) in [6, 6.07) is 15.6. The molecule has 2 aromatic rings. The van der Waals surface area contributed by atoms with Crippen LogP contribution >= 0.6 is 0 Å². The number of urea groups is 1. The lowest BCUT2D eigenvalue weighted by atomic mass is 9.94. The molecule has 0 radical (unpaired) electrons. The van der Waals surface area contributed by atoms with Gasteiger partial charge in [-0.1, -0.05) is 31.2 Å². The Labute approximate surface area is 143 Å². The summed E-state index contributed by atoms with van der Waals surface area (Å²) in [5.41, 5.74) is 1.91. The van der Waals surface area contributed by atoms with Gasteiger partial charge in [-0.05, 0) is 36.6 Å². The van der Waals surface area contributed by atoms with Crippen molar-refractivity contribution in [3.8, 4) is 0 Å². The Kier molecular flexibility index (Phi) is 5.43. The van der Waals surface area contributed by atoms with Gasteiger partial charge in [0.1, 0.15) is 0 Å². The fraction of sp³-hybridized carbons (Fsp3) is 0.368. The Morgan fingerprint density at radius 2 is 2.00 bits per heavy atom. The molecule has 0 spiro atoms. The third-order valence-electron chi connectivity index (χ3n) is 4.45. The van der Waals surface area contributed by atoms with Gasteiger partial charge in [0.25, 0.3) is 0 Å². The Bertz CT molecular complexity index is 647. The molecule has 126 valence electrons. The first-order valence-electron chi connectivity index (χ1n) is 8.45. The fourth-order valence-corrected chi connectivity index (χ4v) is 3.17. The predicted octanol–water partition coefficient (Wildman–Crippen LogP) is 3.11. The van der Waals surface area contributed by atoms with E-state index in [1.165, 1.54) is 0 Å². The lowest BCUT2D eigenvalue weighted by Gasteiger charge is -2.37. The van der Waals surface area contributed by atoms with Crippen LogP contribution in [0.3, 0.4) is 0 Å². The second-order valence-corrected chi connectivity index (χ2v) is 6.39. The second kappa shape index (κ2) is 7.93. The van der Waals surface area contributed by atoms with Crippen LogP contribution in [-0.4, -0.2) is 35.0 Å². The van der Waals surface area contributed by atoms with E-state index in [1.807, 2.05) is 48.7 Å². The van der Waals surface area contributed by atoms with E-state index >= 15 is 0 Å². The van der Waals surface area contributed by atoms with E-state index in [0.29, 0.717) is 5.92 Å². The molecule has 5 nitrogen and oxygen atoms in total. The van der Waals surface area contributed by atoms with Gasteiger partial charge < -0.3 is 10.6 Å². The van der Waals surface area contributed by atoms with Gasteiger partial charge in [0.15, 0.2) is 0 Å². The molecule has 0 aliphatic carbocycles. The molecule has 1 fully saturated rings. The van der Waals surface area contributed by atoms with E-state index < -0.39 is 0 Å². The van der Waals surface area contributed by atoms with Gasteiger partial charge in [-0.15, -0.1) is 0 Å². The molecule has 2 N–H and O–H groups in total. The zero-order valence-electron chi connectivity index (χ0n) is 14.0. The van der Waals surface area contributed by atoms with Crippen LogP contribution in [0, 0.1) is 5.92 Å². The van der Waals surface area contributed by atoms with Crippen molar-refractivity contribution in [1.82, 2.24) is 15.2 Å². The number of pyridine rings is 1. The Hall–Kier alpha value is -2.40. The van der Waals surface area contributed by atoms with Gasteiger partial charge in [0.05, 0.1) is 5.69 Å². The number of likely N-dealkylation sites (tertiary alicyclic amines) is 1. The van der Waals surface area contributed by atoms with Crippen molar-refractivity contribution < 1.29 is 4.79 Å². The van der Waals surface area contributed by atoms with Crippen LogP contribution in [0.15, 0.2) is 54.7 Å². The number of anilines is 1. The van der Waals surface area contributed by atoms with Crippen molar-refractivity contribution in [2.75, 3.05) is 18.4 Å². The van der Waals surface area contributed by atoms with Crippen LogP contribution in [0.4, 0.5) is 10.5 Å². The van der Waals surface area contributed by atoms with Gasteiger partial charge in [-0.2, -0.15) is 0 Å². The van der Waals surface area contributed by atoms with E-state index in [1.54, 1.807) is 0 Å². The maximum atomic E-state index is 12.2. The van der Waals surface area contributed by atoms with Crippen molar-refractivity contribution in [2.45, 2.75) is 25.9 Å². The number of hydrogen-bond donors (Lipinski definition) is 2. The van der Waals surface area contributed by atoms with Crippen LogP contribution in [0.25, 0.3) is 0 Å². The van der Waals surface area contributed by atoms with Crippen molar-refractivity contribution in [2.24, 2.45) is 5.92 Å². The predicted molar refractivity (Wildman–Crippen MR) is 95.7 cm³/mol. The van der Waals surface area contributed by atoms with E-state index in [2.05, 4.69) is 33.5 Å². The maximum absolute atomic E-state index is 12.2. The number of rotatable bonds is 4. The standard InChI is InChI=1S/C19H24N4O/c1-15-13-23(14-17-9-5-6-11-20-17)12-10-18(15)22-19(24)21-16-7-3-2-4-8-16/h2-9,11,15,18H,10,12-14H2,1H3,(H2,21,22,24)/t15-,18-/m1/s1. The number of para-hydroxylation sites is 1. The molecule has 0 saturated carbocycles. The number of nitrogens with zero attached hydrogens (tertiary/aromatic N) is 2. The van der Waals surface area contributed by atoms with E-state index in [0.717, 1.165) is 37.4 Å². The molecule has 1 aliphatic rings. The fourth-order valence-electron chi connectivity index (χ4n) is 3.17. The summed E-state index contributed by atoms with van der Waals surface area (Å²) < 4.78 is 0. The largest absolute Gasteiger partial charge is 0.335 e. The number of aromatic nitrogens is 1. The van der Waals surface area contributed by atoms with E-state index in [9.17, 15) is 4.79 Å². The van der Waals surface area contributed by atoms with Gasteiger partial charge >= 0.3 is 6.03 Å². The minimum atomic E-state index is -0.128. The highest BCUT2D eigenvalue weighted by Gasteiger charge is 2.27. The maximum Gasteiger partial charge on any atom is 0.319 e. The van der Waals surface area contributed by atoms with Crippen molar-refractivity contribution in [3.05, 3.63) is 60.4 Å². The number of carbonyl (C=O) groups excluding carboxylic acids is 1. The van der Waals surface area contributed by atoms with Crippen LogP contribution < -0.4 is 10.6 Å². The molecule has 5 heteroatoms. The molecule has 24 heavy (non-hydrogen) atoms. The number of hydrogen-bond acceptors (Lipinski definition) is 3. The first kappa shape index (κ1) is 16.5. The summed E-state index contributed by atoms with van der Waals surface area (Å²) in [7, 11) is 0. The topological polar surface area (TPSA) is 57.3 Å². The molecule has 1 aromatic carbocycles. The van der Waals surface area contributed by atoms with Crippen molar-refractivity contribution in [3.63, 3.8) is 0 Å².